The second kappa shape index (κ2) is 10.4. The van der Waals surface area contributed by atoms with E-state index >= 15 is 0 Å². The Kier molecular flexibility index (Phi) is 9.34. The van der Waals surface area contributed by atoms with Crippen LogP contribution in [0.1, 0.15) is 25.7 Å². The minimum atomic E-state index is 0. The van der Waals surface area contributed by atoms with Crippen LogP contribution in [-0.2, 0) is 9.59 Å². The number of carbonyl (C=O) groups is 2. The molecule has 0 aliphatic carbocycles. The Hall–Kier alpha value is -0.560. The van der Waals surface area contributed by atoms with E-state index in [1.807, 2.05) is 9.80 Å². The Labute approximate surface area is 157 Å². The van der Waals surface area contributed by atoms with Crippen LogP contribution in [0.5, 0.6) is 0 Å². The molecule has 0 aromatic heterocycles. The molecule has 1 unspecified atom stereocenters. The summed E-state index contributed by atoms with van der Waals surface area (Å²) in [7, 11) is 0. The van der Waals surface area contributed by atoms with Gasteiger partial charge < -0.3 is 15.1 Å². The van der Waals surface area contributed by atoms with E-state index in [9.17, 15) is 9.59 Å². The van der Waals surface area contributed by atoms with E-state index in [1.54, 1.807) is 0 Å². The van der Waals surface area contributed by atoms with Crippen LogP contribution < -0.4 is 5.32 Å². The van der Waals surface area contributed by atoms with Gasteiger partial charge in [0.05, 0.1) is 12.5 Å². The predicted octanol–water partition coefficient (Wildman–Crippen LogP) is 0.596. The Morgan fingerprint density at radius 1 is 0.875 bits per heavy atom. The lowest BCUT2D eigenvalue weighted by Crippen LogP contribution is -2.53. The van der Waals surface area contributed by atoms with Crippen molar-refractivity contribution in [1.29, 1.82) is 0 Å². The van der Waals surface area contributed by atoms with E-state index < -0.39 is 0 Å². The fourth-order valence-corrected chi connectivity index (χ4v) is 3.70. The third kappa shape index (κ3) is 5.48. The van der Waals surface area contributed by atoms with Gasteiger partial charge in [-0.15, -0.1) is 24.8 Å². The van der Waals surface area contributed by atoms with Crippen molar-refractivity contribution in [3.63, 3.8) is 0 Å². The number of likely N-dealkylation sites (tertiary alicyclic amines) is 1. The van der Waals surface area contributed by atoms with Crippen LogP contribution in [0.25, 0.3) is 0 Å². The highest BCUT2D eigenvalue weighted by molar-refractivity contribution is 5.85. The number of halogens is 2. The Morgan fingerprint density at radius 3 is 2.12 bits per heavy atom. The molecule has 3 aliphatic heterocycles. The van der Waals surface area contributed by atoms with Crippen LogP contribution in [0.4, 0.5) is 0 Å². The first-order chi connectivity index (χ1) is 10.7. The molecule has 8 heteroatoms. The monoisotopic (exact) mass is 380 g/mol. The van der Waals surface area contributed by atoms with E-state index in [0.29, 0.717) is 12.5 Å². The number of hydrogen-bond acceptors (Lipinski definition) is 4. The lowest BCUT2D eigenvalue weighted by atomic mass is 9.98. The molecule has 3 heterocycles. The summed E-state index contributed by atoms with van der Waals surface area (Å²) in [5.74, 6) is 0.720. The molecule has 1 N–H and O–H groups in total. The number of nitrogens with zero attached hydrogens (tertiary/aromatic N) is 3. The molecule has 0 aromatic carbocycles. The van der Waals surface area contributed by atoms with Gasteiger partial charge in [-0.25, -0.2) is 0 Å². The van der Waals surface area contributed by atoms with Gasteiger partial charge in [0.15, 0.2) is 0 Å². The summed E-state index contributed by atoms with van der Waals surface area (Å²) < 4.78 is 0. The summed E-state index contributed by atoms with van der Waals surface area (Å²) in [6, 6.07) is 0. The maximum atomic E-state index is 12.5. The van der Waals surface area contributed by atoms with Gasteiger partial charge in [0, 0.05) is 45.8 Å². The van der Waals surface area contributed by atoms with Crippen molar-refractivity contribution in [2.75, 3.05) is 58.9 Å². The maximum absolute atomic E-state index is 12.5. The molecule has 0 spiro atoms. The lowest BCUT2D eigenvalue weighted by Gasteiger charge is -2.37. The first kappa shape index (κ1) is 21.5. The molecule has 0 radical (unpaired) electrons. The summed E-state index contributed by atoms with van der Waals surface area (Å²) >= 11 is 0. The van der Waals surface area contributed by atoms with Crippen LogP contribution in [0, 0.1) is 5.92 Å². The fourth-order valence-electron chi connectivity index (χ4n) is 3.70. The van der Waals surface area contributed by atoms with Gasteiger partial charge in [-0.3, -0.25) is 14.5 Å². The zero-order chi connectivity index (χ0) is 15.4. The average molecular weight is 381 g/mol. The number of piperidine rings is 1. The third-order valence-corrected chi connectivity index (χ3v) is 5.15. The van der Waals surface area contributed by atoms with Gasteiger partial charge in [0.1, 0.15) is 0 Å². The number of rotatable bonds is 3. The second-order valence-corrected chi connectivity index (χ2v) is 6.73. The van der Waals surface area contributed by atoms with Crippen LogP contribution in [-0.4, -0.2) is 85.4 Å². The van der Waals surface area contributed by atoms with Gasteiger partial charge in [-0.2, -0.15) is 0 Å². The van der Waals surface area contributed by atoms with Crippen molar-refractivity contribution in [2.24, 2.45) is 5.92 Å². The minimum Gasteiger partial charge on any atom is -0.342 e. The highest BCUT2D eigenvalue weighted by atomic mass is 35.5. The molecular formula is C16H30Cl2N4O2. The van der Waals surface area contributed by atoms with E-state index in [-0.39, 0.29) is 36.6 Å². The number of piperazine rings is 1. The Bertz CT molecular complexity index is 405. The van der Waals surface area contributed by atoms with Crippen molar-refractivity contribution < 1.29 is 9.59 Å². The molecule has 3 rings (SSSR count). The maximum Gasteiger partial charge on any atom is 0.236 e. The van der Waals surface area contributed by atoms with Crippen LogP contribution in [0.15, 0.2) is 0 Å². The zero-order valence-electron chi connectivity index (χ0n) is 14.2. The lowest BCUT2D eigenvalue weighted by molar-refractivity contribution is -0.138. The zero-order valence-corrected chi connectivity index (χ0v) is 15.9. The summed E-state index contributed by atoms with van der Waals surface area (Å²) in [5, 5.41) is 3.31. The van der Waals surface area contributed by atoms with E-state index in [4.69, 9.17) is 0 Å². The van der Waals surface area contributed by atoms with Crippen molar-refractivity contribution in [3.8, 4) is 0 Å². The van der Waals surface area contributed by atoms with Gasteiger partial charge >= 0.3 is 0 Å². The Balaban J connectivity index is 0.00000144. The quantitative estimate of drug-likeness (QED) is 0.778. The number of hydrogen-bond donors (Lipinski definition) is 1. The largest absolute Gasteiger partial charge is 0.342 e. The van der Waals surface area contributed by atoms with Crippen molar-refractivity contribution >= 4 is 36.6 Å². The van der Waals surface area contributed by atoms with Crippen molar-refractivity contribution in [1.82, 2.24) is 20.0 Å². The second-order valence-electron chi connectivity index (χ2n) is 6.73. The van der Waals surface area contributed by atoms with E-state index in [1.165, 1.54) is 0 Å². The molecular weight excluding hydrogens is 351 g/mol. The van der Waals surface area contributed by atoms with Gasteiger partial charge in [-0.05, 0) is 32.2 Å². The molecule has 0 aromatic rings. The summed E-state index contributed by atoms with van der Waals surface area (Å²) in [6.45, 7) is 7.41. The molecule has 3 fully saturated rings. The Morgan fingerprint density at radius 2 is 1.54 bits per heavy atom. The molecule has 24 heavy (non-hydrogen) atoms. The molecule has 140 valence electrons. The van der Waals surface area contributed by atoms with Crippen molar-refractivity contribution in [2.45, 2.75) is 25.7 Å². The SMILES string of the molecule is Cl.Cl.O=C(CN1CCN(C(=O)C2CCCNC2)CC1)N1CCCC1. The third-order valence-electron chi connectivity index (χ3n) is 5.15. The normalized spacial score (nSPS) is 24.9. The van der Waals surface area contributed by atoms with E-state index in [0.717, 1.165) is 78.0 Å². The first-order valence-corrected chi connectivity index (χ1v) is 8.73. The molecule has 2 amide bonds. The minimum absolute atomic E-state index is 0. The summed E-state index contributed by atoms with van der Waals surface area (Å²) in [5.41, 5.74) is 0. The summed E-state index contributed by atoms with van der Waals surface area (Å²) in [4.78, 5) is 30.8. The van der Waals surface area contributed by atoms with Crippen molar-refractivity contribution in [3.05, 3.63) is 0 Å². The average Bonchev–Trinajstić information content (AvgIpc) is 3.10. The van der Waals surface area contributed by atoms with Crippen LogP contribution in [0.3, 0.4) is 0 Å². The van der Waals surface area contributed by atoms with E-state index in [2.05, 4.69) is 10.2 Å². The molecule has 6 nitrogen and oxygen atoms in total. The standard InChI is InChI=1S/C16H28N4O2.2ClH/c21-15(19-6-1-2-7-19)13-18-8-10-20(11-9-18)16(22)14-4-3-5-17-12-14;;/h14,17H,1-13H2;2*1H. The van der Waals surface area contributed by atoms with Crippen LogP contribution >= 0.6 is 24.8 Å². The molecule has 3 saturated heterocycles. The van der Waals surface area contributed by atoms with Gasteiger partial charge in [0.2, 0.25) is 11.8 Å². The number of amides is 2. The highest BCUT2D eigenvalue weighted by Gasteiger charge is 2.29. The van der Waals surface area contributed by atoms with Gasteiger partial charge in [-0.1, -0.05) is 0 Å². The van der Waals surface area contributed by atoms with Gasteiger partial charge in [0.25, 0.3) is 0 Å². The fraction of sp³-hybridized carbons (Fsp3) is 0.875. The number of nitrogens with one attached hydrogen (secondary N) is 1. The molecule has 0 bridgehead atoms. The predicted molar refractivity (Wildman–Crippen MR) is 98.9 cm³/mol. The summed E-state index contributed by atoms with van der Waals surface area (Å²) in [6.07, 6.45) is 4.40. The van der Waals surface area contributed by atoms with Crippen LogP contribution in [0.2, 0.25) is 0 Å². The molecule has 3 aliphatic rings. The first-order valence-electron chi connectivity index (χ1n) is 8.73. The number of carbonyl (C=O) groups excluding carboxylic acids is 2. The molecule has 0 saturated carbocycles. The molecule has 1 atom stereocenters. The highest BCUT2D eigenvalue weighted by Crippen LogP contribution is 2.15. The smallest absolute Gasteiger partial charge is 0.236 e. The topological polar surface area (TPSA) is 55.9 Å².